The quantitative estimate of drug-likeness (QED) is 0.148. The SMILES string of the molecule is CC(C)(C)c1ccc2c(c1)c1cc(C(C)(C)C)ccc1n2-c1ccc2c(c1)N(c1cccc3sc4ccc(-c5ccccc5)cc4c13)c1cc(-c3ccccc3)cc3c1B2c1ccc(-n2c4ccc(C(C)(C)C)cc4c4cc(C(C)(C)C)ccc42)cc1N3c1cccc2sc3ccc(-c4ccccc4)cc3c12. The number of hydrogen-bond donors (Lipinski definition) is 0. The zero-order valence-corrected chi connectivity index (χ0v) is 64.5. The van der Waals surface area contributed by atoms with Crippen LogP contribution in [0.4, 0.5) is 34.1 Å². The first kappa shape index (κ1) is 65.3. The Labute approximate surface area is 635 Å². The lowest BCUT2D eigenvalue weighted by atomic mass is 9.33. The van der Waals surface area contributed by atoms with Crippen LogP contribution >= 0.6 is 22.7 Å². The average molecular weight is 1420 g/mol. The highest BCUT2D eigenvalue weighted by molar-refractivity contribution is 7.26. The maximum absolute atomic E-state index is 2.70. The Hall–Kier alpha value is -11.2. The maximum Gasteiger partial charge on any atom is 0.252 e. The largest absolute Gasteiger partial charge is 0.311 e. The first-order chi connectivity index (χ1) is 51.6. The molecule has 0 fully saturated rings. The number of fused-ring (bicyclic) bond motifs is 16. The molecular formula is C100H83BN4S2. The molecular weight excluding hydrogens is 1330 g/mol. The van der Waals surface area contributed by atoms with E-state index in [1.54, 1.807) is 0 Å². The van der Waals surface area contributed by atoms with E-state index in [0.29, 0.717) is 0 Å². The van der Waals surface area contributed by atoms with Crippen LogP contribution < -0.4 is 26.2 Å². The fourth-order valence-corrected chi connectivity index (χ4v) is 19.9. The van der Waals surface area contributed by atoms with Crippen molar-refractivity contribution in [1.29, 1.82) is 0 Å². The molecule has 0 aliphatic carbocycles. The number of benzene rings is 14. The molecule has 7 heteroatoms. The normalized spacial score (nSPS) is 13.4. The van der Waals surface area contributed by atoms with E-state index < -0.39 is 0 Å². The van der Waals surface area contributed by atoms with Crippen molar-refractivity contribution in [1.82, 2.24) is 9.13 Å². The molecule has 0 unspecified atom stereocenters. The van der Waals surface area contributed by atoms with Crippen molar-refractivity contribution in [3.05, 3.63) is 307 Å². The number of nitrogens with zero attached hydrogens (tertiary/aromatic N) is 4. The molecule has 0 saturated heterocycles. The lowest BCUT2D eigenvalue weighted by Gasteiger charge is -2.45. The highest BCUT2D eigenvalue weighted by Gasteiger charge is 2.45. The molecule has 518 valence electrons. The van der Waals surface area contributed by atoms with E-state index >= 15 is 0 Å². The van der Waals surface area contributed by atoms with Crippen LogP contribution in [0.2, 0.25) is 0 Å². The molecule has 0 atom stereocenters. The molecule has 2 aliphatic heterocycles. The fraction of sp³-hybridized carbons (Fsp3) is 0.160. The van der Waals surface area contributed by atoms with E-state index in [4.69, 9.17) is 0 Å². The third-order valence-corrected chi connectivity index (χ3v) is 25.6. The Morgan fingerprint density at radius 3 is 0.935 bits per heavy atom. The minimum absolute atomic E-state index is 0.0472. The van der Waals surface area contributed by atoms with Crippen molar-refractivity contribution >= 4 is 164 Å². The van der Waals surface area contributed by atoms with Gasteiger partial charge in [0.2, 0.25) is 0 Å². The Morgan fingerprint density at radius 2 is 0.589 bits per heavy atom. The first-order valence-electron chi connectivity index (χ1n) is 37.9. The highest BCUT2D eigenvalue weighted by Crippen LogP contribution is 2.54. The summed E-state index contributed by atoms with van der Waals surface area (Å²) >= 11 is 3.78. The van der Waals surface area contributed by atoms with E-state index in [1.807, 2.05) is 22.7 Å². The van der Waals surface area contributed by atoms with E-state index in [0.717, 1.165) is 56.6 Å². The van der Waals surface area contributed by atoms with Crippen molar-refractivity contribution in [2.24, 2.45) is 0 Å². The number of rotatable bonds is 7. The summed E-state index contributed by atoms with van der Waals surface area (Å²) in [5.74, 6) is 0. The molecule has 0 N–H and O–H groups in total. The summed E-state index contributed by atoms with van der Waals surface area (Å²) in [5, 5.41) is 10.1. The molecule has 0 amide bonds. The van der Waals surface area contributed by atoms with Crippen molar-refractivity contribution in [2.45, 2.75) is 105 Å². The Morgan fingerprint density at radius 1 is 0.243 bits per heavy atom. The molecule has 20 rings (SSSR count). The highest BCUT2D eigenvalue weighted by atomic mass is 32.1. The smallest absolute Gasteiger partial charge is 0.252 e. The van der Waals surface area contributed by atoms with Crippen molar-refractivity contribution < 1.29 is 0 Å². The number of thiophene rings is 2. The van der Waals surface area contributed by atoms with E-state index in [9.17, 15) is 0 Å². The van der Waals surface area contributed by atoms with Gasteiger partial charge in [0, 0.05) is 96.0 Å². The molecule has 18 aromatic rings. The van der Waals surface area contributed by atoms with Crippen molar-refractivity contribution in [2.75, 3.05) is 9.80 Å². The van der Waals surface area contributed by atoms with Crippen molar-refractivity contribution in [3.8, 4) is 44.8 Å². The molecule has 2 aliphatic rings. The standard InChI is InChI=1S/C100H83BN4S2/c1-97(2,3)66-36-44-80-72(54-66)73-55-67(98(4,5)6)37-45-81(73)102(80)70-40-42-78-86(58-70)104(84-30-22-32-92-94(84)76-50-63(34-48-90(76)106-92)60-24-16-13-17-25-60)88-52-65(62-28-20-15-21-29-62)53-89-96(88)101(78)79-43-41-71(103-82-46-38-68(99(7,8)9)56-74(82)75-57-69(100(10,11)12)39-47-83(75)103)59-87(79)105(89)85-31-23-33-93-95(85)77-51-64(35-49-91(77)107-93)61-26-18-14-19-27-61/h13-59H,1-12H3. The molecule has 0 saturated carbocycles. The predicted molar refractivity (Wildman–Crippen MR) is 466 cm³/mol. The number of aromatic nitrogens is 2. The first-order valence-corrected chi connectivity index (χ1v) is 39.5. The van der Waals surface area contributed by atoms with E-state index in [1.165, 1.54) is 145 Å². The van der Waals surface area contributed by atoms with Crippen LogP contribution in [0.15, 0.2) is 285 Å². The predicted octanol–water partition coefficient (Wildman–Crippen LogP) is 26.9. The molecule has 6 heterocycles. The van der Waals surface area contributed by atoms with Crippen LogP contribution in [0.1, 0.15) is 105 Å². The van der Waals surface area contributed by atoms with Gasteiger partial charge in [0.05, 0.1) is 33.4 Å². The summed E-state index contributed by atoms with van der Waals surface area (Å²) in [4.78, 5) is 5.40. The average Bonchev–Trinajstić information content (AvgIpc) is 1.39. The summed E-state index contributed by atoms with van der Waals surface area (Å²) in [7, 11) is 0. The lowest BCUT2D eigenvalue weighted by Crippen LogP contribution is -2.61. The van der Waals surface area contributed by atoms with E-state index in [-0.39, 0.29) is 28.4 Å². The number of anilines is 6. The van der Waals surface area contributed by atoms with Gasteiger partial charge in [-0.2, -0.15) is 0 Å². The van der Waals surface area contributed by atoms with Gasteiger partial charge >= 0.3 is 0 Å². The molecule has 0 bridgehead atoms. The van der Waals surface area contributed by atoms with E-state index in [2.05, 4.69) is 387 Å². The second-order valence-electron chi connectivity index (χ2n) is 34.1. The monoisotopic (exact) mass is 1410 g/mol. The summed E-state index contributed by atoms with van der Waals surface area (Å²) in [5.41, 5.74) is 30.0. The Balaban J connectivity index is 0.924. The van der Waals surface area contributed by atoms with Gasteiger partial charge in [0.25, 0.3) is 6.71 Å². The summed E-state index contributed by atoms with van der Waals surface area (Å²) in [6, 6.07) is 110. The van der Waals surface area contributed by atoms with Crippen LogP contribution in [0.3, 0.4) is 0 Å². The van der Waals surface area contributed by atoms with Gasteiger partial charge in [-0.1, -0.05) is 235 Å². The molecule has 4 nitrogen and oxygen atoms in total. The third-order valence-electron chi connectivity index (χ3n) is 23.3. The van der Waals surface area contributed by atoms with Crippen LogP contribution in [0, 0.1) is 0 Å². The van der Waals surface area contributed by atoms with Crippen LogP contribution in [-0.4, -0.2) is 15.8 Å². The third kappa shape index (κ3) is 10.4. The molecule has 14 aromatic carbocycles. The van der Waals surface area contributed by atoms with Gasteiger partial charge in [0.1, 0.15) is 0 Å². The molecule has 4 aromatic heterocycles. The second-order valence-corrected chi connectivity index (χ2v) is 36.3. The summed E-state index contributed by atoms with van der Waals surface area (Å²) in [6.45, 7) is 27.8. The number of hydrogen-bond acceptors (Lipinski definition) is 4. The molecule has 0 spiro atoms. The van der Waals surface area contributed by atoms with Gasteiger partial charge in [-0.25, -0.2) is 0 Å². The summed E-state index contributed by atoms with van der Waals surface area (Å²) < 4.78 is 10.2. The van der Waals surface area contributed by atoms with Gasteiger partial charge in [-0.05, 0) is 227 Å². The minimum atomic E-state index is -0.208. The van der Waals surface area contributed by atoms with Crippen molar-refractivity contribution in [3.63, 3.8) is 0 Å². The zero-order chi connectivity index (χ0) is 72.9. The Kier molecular flexibility index (Phi) is 14.4. The van der Waals surface area contributed by atoms with Crippen LogP contribution in [0.25, 0.3) is 129 Å². The minimum Gasteiger partial charge on any atom is -0.311 e. The zero-order valence-electron chi connectivity index (χ0n) is 62.8. The fourth-order valence-electron chi connectivity index (χ4n) is 17.6. The van der Waals surface area contributed by atoms with Gasteiger partial charge in [-0.15, -0.1) is 22.7 Å². The van der Waals surface area contributed by atoms with Gasteiger partial charge < -0.3 is 18.9 Å². The van der Waals surface area contributed by atoms with Gasteiger partial charge in [-0.3, -0.25) is 0 Å². The van der Waals surface area contributed by atoms with Crippen LogP contribution in [-0.2, 0) is 21.7 Å². The molecule has 0 radical (unpaired) electrons. The maximum atomic E-state index is 2.70. The van der Waals surface area contributed by atoms with Crippen LogP contribution in [0.5, 0.6) is 0 Å². The summed E-state index contributed by atoms with van der Waals surface area (Å²) in [6.07, 6.45) is 0. The topological polar surface area (TPSA) is 16.3 Å². The Bertz CT molecular complexity index is 6210. The van der Waals surface area contributed by atoms with Gasteiger partial charge in [0.15, 0.2) is 0 Å². The molecule has 107 heavy (non-hydrogen) atoms. The second kappa shape index (κ2) is 23.6. The lowest BCUT2D eigenvalue weighted by molar-refractivity contribution is 0.590.